The van der Waals surface area contributed by atoms with E-state index in [-0.39, 0.29) is 5.82 Å². The highest BCUT2D eigenvalue weighted by molar-refractivity contribution is 5.37. The largest absolute Gasteiger partial charge is 0.330 e. The quantitative estimate of drug-likeness (QED) is 0.860. The standard InChI is InChI=1S/C13H16FN3/c14-13-2-1-11(7-16)12(5-13)9-17-4-3-10(6-15)8-17/h1-2,5,10H,3-4,6,8-9,15H2. The lowest BCUT2D eigenvalue weighted by atomic mass is 10.1. The first-order valence-corrected chi connectivity index (χ1v) is 5.84. The molecule has 4 heteroatoms. The number of halogens is 1. The molecule has 1 atom stereocenters. The zero-order valence-electron chi connectivity index (χ0n) is 9.69. The van der Waals surface area contributed by atoms with E-state index < -0.39 is 0 Å². The number of hydrogen-bond donors (Lipinski definition) is 1. The van der Waals surface area contributed by atoms with E-state index in [1.54, 1.807) is 6.07 Å². The van der Waals surface area contributed by atoms with Gasteiger partial charge in [0.2, 0.25) is 0 Å². The summed E-state index contributed by atoms with van der Waals surface area (Å²) in [6.07, 6.45) is 1.09. The van der Waals surface area contributed by atoms with E-state index in [2.05, 4.69) is 11.0 Å². The van der Waals surface area contributed by atoms with Crippen LogP contribution >= 0.6 is 0 Å². The SMILES string of the molecule is N#Cc1ccc(F)cc1CN1CCC(CN)C1. The first kappa shape index (κ1) is 12.0. The fourth-order valence-electron chi connectivity index (χ4n) is 2.29. The van der Waals surface area contributed by atoms with Gasteiger partial charge in [0.1, 0.15) is 5.82 Å². The molecule has 1 heterocycles. The summed E-state index contributed by atoms with van der Waals surface area (Å²) < 4.78 is 13.2. The Labute approximate surface area is 101 Å². The highest BCUT2D eigenvalue weighted by Gasteiger charge is 2.21. The number of benzene rings is 1. The Morgan fingerprint density at radius 2 is 2.35 bits per heavy atom. The van der Waals surface area contributed by atoms with Gasteiger partial charge in [0.05, 0.1) is 11.6 Å². The number of likely N-dealkylation sites (tertiary alicyclic amines) is 1. The molecule has 1 aliphatic heterocycles. The van der Waals surface area contributed by atoms with Crippen molar-refractivity contribution in [2.45, 2.75) is 13.0 Å². The second-order valence-electron chi connectivity index (χ2n) is 4.54. The highest BCUT2D eigenvalue weighted by atomic mass is 19.1. The first-order valence-electron chi connectivity index (χ1n) is 5.84. The fourth-order valence-corrected chi connectivity index (χ4v) is 2.29. The normalized spacial score (nSPS) is 20.4. The molecule has 17 heavy (non-hydrogen) atoms. The lowest BCUT2D eigenvalue weighted by Gasteiger charge is -2.16. The van der Waals surface area contributed by atoms with Gasteiger partial charge in [-0.3, -0.25) is 4.90 Å². The zero-order valence-corrected chi connectivity index (χ0v) is 9.69. The van der Waals surface area contributed by atoms with E-state index in [4.69, 9.17) is 11.0 Å². The molecule has 0 bridgehead atoms. The van der Waals surface area contributed by atoms with Crippen LogP contribution in [0, 0.1) is 23.1 Å². The zero-order chi connectivity index (χ0) is 12.3. The highest BCUT2D eigenvalue weighted by Crippen LogP contribution is 2.19. The van der Waals surface area contributed by atoms with Crippen molar-refractivity contribution in [3.05, 3.63) is 35.1 Å². The van der Waals surface area contributed by atoms with Crippen molar-refractivity contribution in [2.75, 3.05) is 19.6 Å². The average Bonchev–Trinajstić information content (AvgIpc) is 2.77. The Hall–Kier alpha value is -1.44. The maximum absolute atomic E-state index is 13.2. The number of rotatable bonds is 3. The van der Waals surface area contributed by atoms with E-state index in [9.17, 15) is 4.39 Å². The molecule has 2 N–H and O–H groups in total. The maximum Gasteiger partial charge on any atom is 0.123 e. The molecule has 3 nitrogen and oxygen atoms in total. The Kier molecular flexibility index (Phi) is 3.72. The Morgan fingerprint density at radius 3 is 3.00 bits per heavy atom. The third-order valence-corrected chi connectivity index (χ3v) is 3.28. The van der Waals surface area contributed by atoms with Gasteiger partial charge in [0.25, 0.3) is 0 Å². The molecule has 1 aromatic carbocycles. The van der Waals surface area contributed by atoms with Gasteiger partial charge in [-0.1, -0.05) is 0 Å². The first-order chi connectivity index (χ1) is 8.22. The molecule has 0 spiro atoms. The van der Waals surface area contributed by atoms with Crippen LogP contribution < -0.4 is 5.73 Å². The van der Waals surface area contributed by atoms with Crippen molar-refractivity contribution in [3.8, 4) is 6.07 Å². The predicted molar refractivity (Wildman–Crippen MR) is 63.6 cm³/mol. The van der Waals surface area contributed by atoms with Crippen LogP contribution in [0.4, 0.5) is 4.39 Å². The van der Waals surface area contributed by atoms with Crippen LogP contribution in [0.5, 0.6) is 0 Å². The fraction of sp³-hybridized carbons (Fsp3) is 0.462. The lowest BCUT2D eigenvalue weighted by Crippen LogP contribution is -2.23. The Morgan fingerprint density at radius 1 is 1.53 bits per heavy atom. The summed E-state index contributed by atoms with van der Waals surface area (Å²) in [6.45, 7) is 3.25. The molecule has 1 aliphatic rings. The lowest BCUT2D eigenvalue weighted by molar-refractivity contribution is 0.317. The second-order valence-corrected chi connectivity index (χ2v) is 4.54. The van der Waals surface area contributed by atoms with Gasteiger partial charge in [-0.25, -0.2) is 4.39 Å². The number of nitrogens with two attached hydrogens (primary N) is 1. The minimum atomic E-state index is -0.284. The van der Waals surface area contributed by atoms with Crippen LogP contribution in [0.25, 0.3) is 0 Å². The van der Waals surface area contributed by atoms with Crippen LogP contribution in [0.15, 0.2) is 18.2 Å². The third kappa shape index (κ3) is 2.82. The van der Waals surface area contributed by atoms with Gasteiger partial charge in [-0.05, 0) is 49.2 Å². The van der Waals surface area contributed by atoms with E-state index in [1.165, 1.54) is 12.1 Å². The molecule has 1 saturated heterocycles. The molecule has 1 aromatic rings. The molecular weight excluding hydrogens is 217 g/mol. The molecule has 1 fully saturated rings. The van der Waals surface area contributed by atoms with Gasteiger partial charge < -0.3 is 5.73 Å². The summed E-state index contributed by atoms with van der Waals surface area (Å²) in [5.41, 5.74) is 6.96. The molecular formula is C13H16FN3. The minimum absolute atomic E-state index is 0.284. The van der Waals surface area contributed by atoms with Crippen LogP contribution in [-0.4, -0.2) is 24.5 Å². The molecule has 90 valence electrons. The number of hydrogen-bond acceptors (Lipinski definition) is 3. The minimum Gasteiger partial charge on any atom is -0.330 e. The monoisotopic (exact) mass is 233 g/mol. The smallest absolute Gasteiger partial charge is 0.123 e. The van der Waals surface area contributed by atoms with Crippen molar-refractivity contribution in [2.24, 2.45) is 11.7 Å². The van der Waals surface area contributed by atoms with Crippen LogP contribution in [-0.2, 0) is 6.54 Å². The van der Waals surface area contributed by atoms with E-state index in [0.29, 0.717) is 24.6 Å². The summed E-state index contributed by atoms with van der Waals surface area (Å²) in [6, 6.07) is 6.43. The summed E-state index contributed by atoms with van der Waals surface area (Å²) >= 11 is 0. The summed E-state index contributed by atoms with van der Waals surface area (Å²) in [5.74, 6) is 0.252. The summed E-state index contributed by atoms with van der Waals surface area (Å²) in [4.78, 5) is 2.23. The summed E-state index contributed by atoms with van der Waals surface area (Å²) in [5, 5.41) is 8.97. The van der Waals surface area contributed by atoms with Crippen LogP contribution in [0.3, 0.4) is 0 Å². The Balaban J connectivity index is 2.09. The molecule has 0 saturated carbocycles. The van der Waals surface area contributed by atoms with Crippen molar-refractivity contribution < 1.29 is 4.39 Å². The third-order valence-electron chi connectivity index (χ3n) is 3.28. The molecule has 1 unspecified atom stereocenters. The van der Waals surface area contributed by atoms with Crippen LogP contribution in [0.1, 0.15) is 17.5 Å². The van der Waals surface area contributed by atoms with Gasteiger partial charge in [0.15, 0.2) is 0 Å². The van der Waals surface area contributed by atoms with Crippen molar-refractivity contribution in [3.63, 3.8) is 0 Å². The Bertz CT molecular complexity index is 439. The van der Waals surface area contributed by atoms with Gasteiger partial charge in [-0.15, -0.1) is 0 Å². The van der Waals surface area contributed by atoms with E-state index >= 15 is 0 Å². The van der Waals surface area contributed by atoms with E-state index in [1.807, 2.05) is 0 Å². The molecule has 0 aliphatic carbocycles. The molecule has 2 rings (SSSR count). The summed E-state index contributed by atoms with van der Waals surface area (Å²) in [7, 11) is 0. The topological polar surface area (TPSA) is 53.0 Å². The van der Waals surface area contributed by atoms with Crippen LogP contribution in [0.2, 0.25) is 0 Å². The van der Waals surface area contributed by atoms with Gasteiger partial charge in [-0.2, -0.15) is 5.26 Å². The van der Waals surface area contributed by atoms with E-state index in [0.717, 1.165) is 25.1 Å². The second kappa shape index (κ2) is 5.26. The molecule has 0 radical (unpaired) electrons. The molecule has 0 aromatic heterocycles. The number of nitrogens with zero attached hydrogens (tertiary/aromatic N) is 2. The van der Waals surface area contributed by atoms with Gasteiger partial charge >= 0.3 is 0 Å². The average molecular weight is 233 g/mol. The van der Waals surface area contributed by atoms with Crippen molar-refractivity contribution in [1.82, 2.24) is 4.90 Å². The van der Waals surface area contributed by atoms with Gasteiger partial charge in [0, 0.05) is 13.1 Å². The predicted octanol–water partition coefficient (Wildman–Crippen LogP) is 1.48. The maximum atomic E-state index is 13.2. The van der Waals surface area contributed by atoms with Crippen molar-refractivity contribution in [1.29, 1.82) is 5.26 Å². The number of nitriles is 1. The van der Waals surface area contributed by atoms with Crippen molar-refractivity contribution >= 4 is 0 Å². The molecule has 0 amide bonds.